The average molecular weight is 216 g/mol. The van der Waals surface area contributed by atoms with Gasteiger partial charge in [0.15, 0.2) is 11.6 Å². The number of pyridine rings is 1. The van der Waals surface area contributed by atoms with E-state index in [9.17, 15) is 8.78 Å². The monoisotopic (exact) mass is 216 g/mol. The van der Waals surface area contributed by atoms with Gasteiger partial charge in [-0.2, -0.15) is 5.26 Å². The largest absolute Gasteiger partial charge is 0.256 e. The second-order valence-corrected chi connectivity index (χ2v) is 3.17. The molecule has 1 aromatic heterocycles. The molecule has 0 bridgehead atoms. The van der Waals surface area contributed by atoms with Gasteiger partial charge < -0.3 is 0 Å². The van der Waals surface area contributed by atoms with Crippen LogP contribution in [-0.4, -0.2) is 4.98 Å². The van der Waals surface area contributed by atoms with Gasteiger partial charge in [-0.3, -0.25) is 4.98 Å². The van der Waals surface area contributed by atoms with Crippen LogP contribution >= 0.6 is 0 Å². The van der Waals surface area contributed by atoms with Crippen molar-refractivity contribution in [2.45, 2.75) is 0 Å². The van der Waals surface area contributed by atoms with E-state index in [4.69, 9.17) is 5.26 Å². The van der Waals surface area contributed by atoms with E-state index in [0.29, 0.717) is 16.8 Å². The van der Waals surface area contributed by atoms with Gasteiger partial charge in [-0.25, -0.2) is 8.78 Å². The highest BCUT2D eigenvalue weighted by Gasteiger charge is 2.05. The summed E-state index contributed by atoms with van der Waals surface area (Å²) in [7, 11) is 0. The van der Waals surface area contributed by atoms with Crippen LogP contribution in [0.4, 0.5) is 8.78 Å². The molecule has 16 heavy (non-hydrogen) atoms. The summed E-state index contributed by atoms with van der Waals surface area (Å²) in [6.07, 6.45) is 1.45. The molecule has 4 heteroatoms. The minimum absolute atomic E-state index is 0.426. The summed E-state index contributed by atoms with van der Waals surface area (Å²) in [5, 5.41) is 8.70. The van der Waals surface area contributed by atoms with E-state index in [1.807, 2.05) is 6.07 Å². The molecule has 0 radical (unpaired) electrons. The number of halogens is 2. The molecule has 2 aromatic rings. The Morgan fingerprint density at radius 2 is 1.88 bits per heavy atom. The lowest BCUT2D eigenvalue weighted by Gasteiger charge is -2.01. The van der Waals surface area contributed by atoms with Gasteiger partial charge in [0.25, 0.3) is 0 Å². The lowest BCUT2D eigenvalue weighted by Crippen LogP contribution is -1.88. The average Bonchev–Trinajstić information content (AvgIpc) is 2.33. The van der Waals surface area contributed by atoms with E-state index in [1.165, 1.54) is 18.3 Å². The number of nitrogens with zero attached hydrogens (tertiary/aromatic N) is 2. The van der Waals surface area contributed by atoms with Crippen molar-refractivity contribution < 1.29 is 8.78 Å². The molecule has 0 unspecified atom stereocenters. The van der Waals surface area contributed by atoms with Crippen LogP contribution in [0.2, 0.25) is 0 Å². The molecule has 0 fully saturated rings. The van der Waals surface area contributed by atoms with Gasteiger partial charge in [0.1, 0.15) is 0 Å². The molecular weight excluding hydrogens is 210 g/mol. The molecule has 2 nitrogen and oxygen atoms in total. The normalized spacial score (nSPS) is 9.81. The molecule has 0 aliphatic heterocycles. The number of hydrogen-bond acceptors (Lipinski definition) is 2. The Balaban J connectivity index is 2.51. The molecule has 0 spiro atoms. The SMILES string of the molecule is N#Cc1ccnc(-c2ccc(F)c(F)c2)c1. The predicted molar refractivity (Wildman–Crippen MR) is 54.3 cm³/mol. The van der Waals surface area contributed by atoms with Gasteiger partial charge in [0.05, 0.1) is 17.3 Å². The summed E-state index contributed by atoms with van der Waals surface area (Å²) in [6.45, 7) is 0. The highest BCUT2D eigenvalue weighted by Crippen LogP contribution is 2.20. The summed E-state index contributed by atoms with van der Waals surface area (Å²) < 4.78 is 25.7. The summed E-state index contributed by atoms with van der Waals surface area (Å²) in [5.74, 6) is -1.83. The highest BCUT2D eigenvalue weighted by atomic mass is 19.2. The van der Waals surface area contributed by atoms with Gasteiger partial charge >= 0.3 is 0 Å². The van der Waals surface area contributed by atoms with Crippen LogP contribution in [0.15, 0.2) is 36.5 Å². The summed E-state index contributed by atoms with van der Waals surface area (Å²) in [4.78, 5) is 3.99. The van der Waals surface area contributed by atoms with Crippen molar-refractivity contribution in [3.8, 4) is 17.3 Å². The molecule has 0 atom stereocenters. The zero-order valence-electron chi connectivity index (χ0n) is 8.11. The molecule has 0 aliphatic carbocycles. The number of benzene rings is 1. The first-order valence-corrected chi connectivity index (χ1v) is 4.52. The predicted octanol–water partition coefficient (Wildman–Crippen LogP) is 2.90. The summed E-state index contributed by atoms with van der Waals surface area (Å²) in [5.41, 5.74) is 1.31. The number of nitriles is 1. The maximum absolute atomic E-state index is 13.0. The van der Waals surface area contributed by atoms with Crippen LogP contribution in [0.25, 0.3) is 11.3 Å². The molecule has 78 valence electrons. The minimum atomic E-state index is -0.929. The van der Waals surface area contributed by atoms with Crippen molar-refractivity contribution in [1.82, 2.24) is 4.98 Å². The van der Waals surface area contributed by atoms with Crippen molar-refractivity contribution in [1.29, 1.82) is 5.26 Å². The second kappa shape index (κ2) is 4.07. The zero-order chi connectivity index (χ0) is 11.5. The third-order valence-corrected chi connectivity index (χ3v) is 2.10. The number of aromatic nitrogens is 1. The standard InChI is InChI=1S/C12H6F2N2/c13-10-2-1-9(6-11(10)14)12-5-8(7-15)3-4-16-12/h1-6H. The quantitative estimate of drug-likeness (QED) is 0.734. The van der Waals surface area contributed by atoms with Crippen LogP contribution in [-0.2, 0) is 0 Å². The van der Waals surface area contributed by atoms with Gasteiger partial charge in [-0.15, -0.1) is 0 Å². The van der Waals surface area contributed by atoms with E-state index < -0.39 is 11.6 Å². The van der Waals surface area contributed by atoms with E-state index >= 15 is 0 Å². The molecule has 0 saturated carbocycles. The first-order valence-electron chi connectivity index (χ1n) is 4.52. The maximum atomic E-state index is 13.0. The van der Waals surface area contributed by atoms with E-state index in [2.05, 4.69) is 4.98 Å². The molecule has 1 heterocycles. The topological polar surface area (TPSA) is 36.7 Å². The van der Waals surface area contributed by atoms with Crippen molar-refractivity contribution >= 4 is 0 Å². The lowest BCUT2D eigenvalue weighted by atomic mass is 10.1. The van der Waals surface area contributed by atoms with Crippen LogP contribution in [0.1, 0.15) is 5.56 Å². The smallest absolute Gasteiger partial charge is 0.159 e. The first kappa shape index (κ1) is 10.2. The van der Waals surface area contributed by atoms with Crippen molar-refractivity contribution in [3.63, 3.8) is 0 Å². The molecule has 0 N–H and O–H groups in total. The van der Waals surface area contributed by atoms with Crippen LogP contribution in [0, 0.1) is 23.0 Å². The Labute approximate surface area is 90.8 Å². The maximum Gasteiger partial charge on any atom is 0.159 e. The van der Waals surface area contributed by atoms with Gasteiger partial charge in [0.2, 0.25) is 0 Å². The Morgan fingerprint density at radius 3 is 2.56 bits per heavy atom. The molecular formula is C12H6F2N2. The molecule has 0 amide bonds. The van der Waals surface area contributed by atoms with Gasteiger partial charge in [-0.05, 0) is 30.3 Å². The Bertz CT molecular complexity index is 573. The minimum Gasteiger partial charge on any atom is -0.256 e. The van der Waals surface area contributed by atoms with Crippen LogP contribution < -0.4 is 0 Å². The number of rotatable bonds is 1. The molecule has 1 aromatic carbocycles. The van der Waals surface area contributed by atoms with Crippen molar-refractivity contribution in [2.75, 3.05) is 0 Å². The second-order valence-electron chi connectivity index (χ2n) is 3.17. The summed E-state index contributed by atoms with van der Waals surface area (Å²) >= 11 is 0. The fourth-order valence-electron chi connectivity index (χ4n) is 1.31. The Kier molecular flexibility index (Phi) is 2.61. The van der Waals surface area contributed by atoms with Gasteiger partial charge in [-0.1, -0.05) is 0 Å². The molecule has 0 saturated heterocycles. The van der Waals surface area contributed by atoms with Gasteiger partial charge in [0, 0.05) is 11.8 Å². The Hall–Kier alpha value is -2.28. The first-order chi connectivity index (χ1) is 7.70. The Morgan fingerprint density at radius 1 is 1.06 bits per heavy atom. The fourth-order valence-corrected chi connectivity index (χ4v) is 1.31. The van der Waals surface area contributed by atoms with E-state index in [-0.39, 0.29) is 0 Å². The van der Waals surface area contributed by atoms with E-state index in [1.54, 1.807) is 6.07 Å². The van der Waals surface area contributed by atoms with E-state index in [0.717, 1.165) is 12.1 Å². The third kappa shape index (κ3) is 1.89. The van der Waals surface area contributed by atoms with Crippen molar-refractivity contribution in [3.05, 3.63) is 53.7 Å². The summed E-state index contributed by atoms with van der Waals surface area (Å²) in [6, 6.07) is 8.53. The third-order valence-electron chi connectivity index (χ3n) is 2.10. The molecule has 0 aliphatic rings. The fraction of sp³-hybridized carbons (Fsp3) is 0. The lowest BCUT2D eigenvalue weighted by molar-refractivity contribution is 0.509. The highest BCUT2D eigenvalue weighted by molar-refractivity contribution is 5.60. The van der Waals surface area contributed by atoms with Crippen LogP contribution in [0.3, 0.4) is 0 Å². The van der Waals surface area contributed by atoms with Crippen LogP contribution in [0.5, 0.6) is 0 Å². The molecule has 2 rings (SSSR count). The van der Waals surface area contributed by atoms with Crippen molar-refractivity contribution in [2.24, 2.45) is 0 Å². The zero-order valence-corrected chi connectivity index (χ0v) is 8.11. The number of hydrogen-bond donors (Lipinski definition) is 0.